The Morgan fingerprint density at radius 1 is 0.788 bits per heavy atom. The number of carbonyl (C=O) groups excluding carboxylic acids is 6. The lowest BCUT2D eigenvalue weighted by Gasteiger charge is -2.40. The highest BCUT2D eigenvalue weighted by Gasteiger charge is 2.47. The lowest BCUT2D eigenvalue weighted by atomic mass is 9.85. The van der Waals surface area contributed by atoms with Crippen LogP contribution in [0.4, 0.5) is 10.5 Å². The number of ketones is 1. The van der Waals surface area contributed by atoms with Crippen molar-refractivity contribution >= 4 is 41.1 Å². The van der Waals surface area contributed by atoms with E-state index in [1.54, 1.807) is 4.90 Å². The van der Waals surface area contributed by atoms with Crippen LogP contribution in [0.15, 0.2) is 30.3 Å². The number of hydrogen-bond donors (Lipinski definition) is 4. The van der Waals surface area contributed by atoms with Crippen molar-refractivity contribution in [3.63, 3.8) is 0 Å². The molecular formula is C39H61N7O6. The summed E-state index contributed by atoms with van der Waals surface area (Å²) in [5.74, 6) is -2.12. The van der Waals surface area contributed by atoms with Gasteiger partial charge in [0.15, 0.2) is 0 Å². The molecule has 0 aromatic heterocycles. The average molecular weight is 724 g/mol. The van der Waals surface area contributed by atoms with Crippen LogP contribution in [-0.4, -0.2) is 109 Å². The van der Waals surface area contributed by atoms with Gasteiger partial charge in [0.25, 0.3) is 5.91 Å². The zero-order chi connectivity index (χ0) is 38.5. The van der Waals surface area contributed by atoms with Crippen molar-refractivity contribution in [1.82, 2.24) is 31.1 Å². The van der Waals surface area contributed by atoms with E-state index in [9.17, 15) is 28.8 Å². The summed E-state index contributed by atoms with van der Waals surface area (Å²) in [6.07, 6.45) is 2.63. The highest BCUT2D eigenvalue weighted by atomic mass is 16.2. The van der Waals surface area contributed by atoms with Crippen molar-refractivity contribution in [3.05, 3.63) is 30.3 Å². The summed E-state index contributed by atoms with van der Waals surface area (Å²) in [5.41, 5.74) is -0.285. The van der Waals surface area contributed by atoms with E-state index >= 15 is 0 Å². The molecule has 1 aromatic carbocycles. The van der Waals surface area contributed by atoms with Gasteiger partial charge in [0.2, 0.25) is 23.5 Å². The van der Waals surface area contributed by atoms with Gasteiger partial charge in [-0.05, 0) is 53.6 Å². The highest BCUT2D eigenvalue weighted by Crippen LogP contribution is 2.35. The van der Waals surface area contributed by atoms with Crippen LogP contribution in [0, 0.1) is 28.6 Å². The lowest BCUT2D eigenvalue weighted by Crippen LogP contribution is -2.63. The number of Topliss-reactive ketones (excluding diaryl/α,β-unsaturated/α-hetero) is 1. The van der Waals surface area contributed by atoms with Gasteiger partial charge in [-0.1, -0.05) is 86.4 Å². The van der Waals surface area contributed by atoms with Crippen LogP contribution in [-0.2, 0) is 24.0 Å². The van der Waals surface area contributed by atoms with Gasteiger partial charge in [0.05, 0.1) is 6.04 Å². The molecular weight excluding hydrogens is 662 g/mol. The van der Waals surface area contributed by atoms with Gasteiger partial charge in [-0.2, -0.15) is 0 Å². The Morgan fingerprint density at radius 3 is 1.85 bits per heavy atom. The maximum atomic E-state index is 14.5. The van der Waals surface area contributed by atoms with Gasteiger partial charge in [0.1, 0.15) is 18.1 Å². The third-order valence-corrected chi connectivity index (χ3v) is 10.7. The van der Waals surface area contributed by atoms with Crippen molar-refractivity contribution in [2.45, 2.75) is 105 Å². The first-order valence-electron chi connectivity index (χ1n) is 18.8. The number of nitrogens with zero attached hydrogens (tertiary/aromatic N) is 3. The summed E-state index contributed by atoms with van der Waals surface area (Å²) in [6.45, 7) is 18.0. The standard InChI is InChI=1S/C39H61N7O6/c1-24(2)26-22-29(33(48)41-28(21-25-15-16-25)30(47)34(49)40-9)46(23-26)36(51)32(39(6,7)8)43-37(52)42-31(38(3,4)5)35(50)45-19-17-44(18-20-45)27-13-11-10-12-14-27/h10-14,24-26,28-29,31-32H,15-23H2,1-9H3,(H,40,49)(H,41,48)(H2,42,43,52)/t26-,28?,29+,31-,32-/m1/s1. The predicted octanol–water partition coefficient (Wildman–Crippen LogP) is 2.94. The monoisotopic (exact) mass is 723 g/mol. The minimum absolute atomic E-state index is 0.0101. The number of amides is 6. The smallest absolute Gasteiger partial charge is 0.316 e. The van der Waals surface area contributed by atoms with Crippen molar-refractivity contribution < 1.29 is 28.8 Å². The van der Waals surface area contributed by atoms with E-state index < -0.39 is 64.5 Å². The third kappa shape index (κ3) is 10.2. The molecule has 1 aromatic rings. The number of carbonyl (C=O) groups is 6. The average Bonchev–Trinajstić information content (AvgIpc) is 3.80. The molecule has 0 spiro atoms. The van der Waals surface area contributed by atoms with E-state index in [0.717, 1.165) is 18.5 Å². The van der Waals surface area contributed by atoms with E-state index in [1.807, 2.05) is 85.7 Å². The second kappa shape index (κ2) is 16.7. The Kier molecular flexibility index (Phi) is 13.0. The molecule has 4 N–H and O–H groups in total. The SMILES string of the molecule is CNC(=O)C(=O)C(CC1CC1)NC(=O)[C@@H]1C[C@@H](C(C)C)CN1C(=O)[C@@H](NC(=O)N[C@H](C(=O)N1CCN(c2ccccc2)CC1)C(C)(C)C)C(C)(C)C. The molecule has 13 nitrogen and oxygen atoms in total. The maximum absolute atomic E-state index is 14.5. The number of para-hydroxylation sites is 1. The fourth-order valence-electron chi connectivity index (χ4n) is 7.08. The molecule has 288 valence electrons. The number of hydrogen-bond acceptors (Lipinski definition) is 7. The van der Waals surface area contributed by atoms with Gasteiger partial charge >= 0.3 is 6.03 Å². The van der Waals surface area contributed by atoms with Crippen LogP contribution >= 0.6 is 0 Å². The van der Waals surface area contributed by atoms with Gasteiger partial charge < -0.3 is 36.0 Å². The first kappa shape index (κ1) is 40.6. The zero-order valence-electron chi connectivity index (χ0n) is 32.6. The molecule has 2 saturated heterocycles. The third-order valence-electron chi connectivity index (χ3n) is 10.7. The minimum Gasteiger partial charge on any atom is -0.368 e. The van der Waals surface area contributed by atoms with Crippen LogP contribution in [0.5, 0.6) is 0 Å². The van der Waals surface area contributed by atoms with Crippen molar-refractivity contribution in [3.8, 4) is 0 Å². The lowest BCUT2D eigenvalue weighted by molar-refractivity contribution is -0.143. The maximum Gasteiger partial charge on any atom is 0.316 e. The fraction of sp³-hybridized carbons (Fsp3) is 0.692. The van der Waals surface area contributed by atoms with Crippen LogP contribution in [0.25, 0.3) is 0 Å². The Bertz CT molecular complexity index is 1460. The summed E-state index contributed by atoms with van der Waals surface area (Å²) in [4.78, 5) is 86.8. The fourth-order valence-corrected chi connectivity index (χ4v) is 7.08. The van der Waals surface area contributed by atoms with Gasteiger partial charge in [-0.15, -0.1) is 0 Å². The molecule has 1 saturated carbocycles. The molecule has 2 aliphatic heterocycles. The molecule has 13 heteroatoms. The first-order chi connectivity index (χ1) is 24.3. The molecule has 52 heavy (non-hydrogen) atoms. The Labute approximate surface area is 309 Å². The molecule has 3 aliphatic rings. The predicted molar refractivity (Wildman–Crippen MR) is 200 cm³/mol. The molecule has 1 unspecified atom stereocenters. The Balaban J connectivity index is 1.48. The van der Waals surface area contributed by atoms with E-state index in [2.05, 4.69) is 26.2 Å². The van der Waals surface area contributed by atoms with Crippen molar-refractivity contribution in [2.75, 3.05) is 44.7 Å². The minimum atomic E-state index is -1.03. The number of rotatable bonds is 12. The number of benzene rings is 1. The van der Waals surface area contributed by atoms with Gasteiger partial charge in [0, 0.05) is 45.5 Å². The number of anilines is 1. The molecule has 0 bridgehead atoms. The summed E-state index contributed by atoms with van der Waals surface area (Å²) in [5, 5.41) is 11.0. The molecule has 1 aliphatic carbocycles. The van der Waals surface area contributed by atoms with Crippen LogP contribution in [0.2, 0.25) is 0 Å². The van der Waals surface area contributed by atoms with Crippen LogP contribution < -0.4 is 26.2 Å². The Morgan fingerprint density at radius 2 is 1.35 bits per heavy atom. The molecule has 6 amide bonds. The quantitative estimate of drug-likeness (QED) is 0.242. The second-order valence-electron chi connectivity index (χ2n) is 17.3. The summed E-state index contributed by atoms with van der Waals surface area (Å²) in [7, 11) is 1.38. The van der Waals surface area contributed by atoms with Crippen molar-refractivity contribution in [2.24, 2.45) is 28.6 Å². The zero-order valence-corrected chi connectivity index (χ0v) is 32.6. The van der Waals surface area contributed by atoms with E-state index in [-0.39, 0.29) is 23.7 Å². The van der Waals surface area contributed by atoms with E-state index in [1.165, 1.54) is 11.9 Å². The van der Waals surface area contributed by atoms with Gasteiger partial charge in [-0.3, -0.25) is 24.0 Å². The van der Waals surface area contributed by atoms with Crippen LogP contribution in [0.3, 0.4) is 0 Å². The van der Waals surface area contributed by atoms with Crippen molar-refractivity contribution in [1.29, 1.82) is 0 Å². The number of likely N-dealkylation sites (tertiary alicyclic amines) is 1. The highest BCUT2D eigenvalue weighted by molar-refractivity contribution is 6.38. The normalized spacial score (nSPS) is 21.2. The molecule has 5 atom stereocenters. The summed E-state index contributed by atoms with van der Waals surface area (Å²) in [6, 6.07) is 5.65. The summed E-state index contributed by atoms with van der Waals surface area (Å²) < 4.78 is 0. The number of likely N-dealkylation sites (N-methyl/N-ethyl adjacent to an activating group) is 1. The second-order valence-corrected chi connectivity index (χ2v) is 17.3. The topological polar surface area (TPSA) is 160 Å². The first-order valence-corrected chi connectivity index (χ1v) is 18.8. The van der Waals surface area contributed by atoms with E-state index in [4.69, 9.17) is 0 Å². The molecule has 3 fully saturated rings. The largest absolute Gasteiger partial charge is 0.368 e. The number of piperazine rings is 1. The summed E-state index contributed by atoms with van der Waals surface area (Å²) >= 11 is 0. The number of nitrogens with one attached hydrogen (secondary N) is 4. The number of urea groups is 1. The molecule has 4 rings (SSSR count). The van der Waals surface area contributed by atoms with E-state index in [0.29, 0.717) is 45.6 Å². The van der Waals surface area contributed by atoms with Crippen LogP contribution in [0.1, 0.15) is 81.1 Å². The van der Waals surface area contributed by atoms with Gasteiger partial charge in [-0.25, -0.2) is 4.79 Å². The Hall–Kier alpha value is -4.16. The molecule has 2 heterocycles. The molecule has 0 radical (unpaired) electrons.